The predicted molar refractivity (Wildman–Crippen MR) is 21.9 cm³/mol. The Morgan fingerprint density at radius 1 is 1.71 bits per heavy atom. The Morgan fingerprint density at radius 2 is 2.14 bits per heavy atom. The van der Waals surface area contributed by atoms with Gasteiger partial charge < -0.3 is 4.74 Å². The molecule has 0 aromatic heterocycles. The van der Waals surface area contributed by atoms with Gasteiger partial charge >= 0.3 is 6.11 Å². The maximum absolute atomic E-state index is 11.4. The molecule has 1 nitrogen and oxygen atoms in total. The van der Waals surface area contributed by atoms with Crippen LogP contribution in [0.25, 0.3) is 0 Å². The van der Waals surface area contributed by atoms with Crippen LogP contribution in [0.4, 0.5) is 8.78 Å². The smallest absolute Gasteiger partial charge is 0.394 e. The zero-order valence-corrected chi connectivity index (χ0v) is 3.95. The van der Waals surface area contributed by atoms with Gasteiger partial charge in [-0.05, 0) is 0 Å². The van der Waals surface area contributed by atoms with Crippen LogP contribution in [0.2, 0.25) is 0 Å². The number of hydrogen-bond acceptors (Lipinski definition) is 1. The quantitative estimate of drug-likeness (QED) is 0.490. The van der Waals surface area contributed by atoms with Crippen molar-refractivity contribution in [2.45, 2.75) is 13.0 Å². The average Bonchev–Trinajstić information content (AvgIpc) is 1.30. The van der Waals surface area contributed by atoms with Crippen molar-refractivity contribution in [2.24, 2.45) is 0 Å². The lowest BCUT2D eigenvalue weighted by atomic mass is 10.7. The summed E-state index contributed by atoms with van der Waals surface area (Å²) in [6, 6.07) is 0. The minimum atomic E-state index is -3.07. The Kier molecular flexibility index (Phi) is 1.75. The summed E-state index contributed by atoms with van der Waals surface area (Å²) in [7, 11) is 0. The highest BCUT2D eigenvalue weighted by atomic mass is 19.3. The second kappa shape index (κ2) is 1.91. The molecule has 0 saturated heterocycles. The first kappa shape index (κ1) is 6.40. The van der Waals surface area contributed by atoms with Gasteiger partial charge in [0, 0.05) is 6.92 Å². The van der Waals surface area contributed by atoms with Gasteiger partial charge in [-0.1, -0.05) is 6.58 Å². The van der Waals surface area contributed by atoms with Crippen LogP contribution in [-0.4, -0.2) is 6.11 Å². The molecule has 0 fully saturated rings. The topological polar surface area (TPSA) is 9.23 Å². The molecule has 3 heteroatoms. The first-order valence-electron chi connectivity index (χ1n) is 1.73. The van der Waals surface area contributed by atoms with Crippen molar-refractivity contribution in [1.82, 2.24) is 0 Å². The number of rotatable bonds is 2. The van der Waals surface area contributed by atoms with Crippen molar-refractivity contribution >= 4 is 0 Å². The molecule has 0 rings (SSSR count). The third kappa shape index (κ3) is 5.40. The van der Waals surface area contributed by atoms with Crippen molar-refractivity contribution in [1.29, 1.82) is 0 Å². The molecule has 0 aliphatic heterocycles. The van der Waals surface area contributed by atoms with Crippen LogP contribution in [-0.2, 0) is 4.74 Å². The lowest BCUT2D eigenvalue weighted by Crippen LogP contribution is -2.10. The van der Waals surface area contributed by atoms with Crippen LogP contribution in [0.15, 0.2) is 12.8 Å². The Bertz CT molecular complexity index is 64.6. The van der Waals surface area contributed by atoms with Crippen LogP contribution in [0, 0.1) is 0 Å². The molecule has 0 spiro atoms. The van der Waals surface area contributed by atoms with Gasteiger partial charge in [0.1, 0.15) is 0 Å². The summed E-state index contributed by atoms with van der Waals surface area (Å²) < 4.78 is 26.5. The number of alkyl halides is 2. The molecule has 7 heavy (non-hydrogen) atoms. The van der Waals surface area contributed by atoms with Crippen LogP contribution in [0.5, 0.6) is 0 Å². The molecular formula is C4H6F2O. The maximum Gasteiger partial charge on any atom is 0.394 e. The van der Waals surface area contributed by atoms with Crippen molar-refractivity contribution < 1.29 is 13.5 Å². The van der Waals surface area contributed by atoms with Crippen LogP contribution in [0.1, 0.15) is 6.92 Å². The zero-order chi connectivity index (χ0) is 5.91. The van der Waals surface area contributed by atoms with E-state index in [4.69, 9.17) is 0 Å². The molecule has 0 aliphatic rings. The van der Waals surface area contributed by atoms with Gasteiger partial charge in [0.05, 0.1) is 6.26 Å². The monoisotopic (exact) mass is 108 g/mol. The van der Waals surface area contributed by atoms with Gasteiger partial charge in [-0.2, -0.15) is 8.78 Å². The second-order valence-electron chi connectivity index (χ2n) is 1.09. The third-order valence-corrected chi connectivity index (χ3v) is 0.290. The average molecular weight is 108 g/mol. The molecule has 0 saturated carbocycles. The molecule has 0 heterocycles. The highest BCUT2D eigenvalue weighted by molar-refractivity contribution is 4.52. The molecule has 0 bridgehead atoms. The maximum atomic E-state index is 11.4. The van der Waals surface area contributed by atoms with Crippen molar-refractivity contribution in [3.8, 4) is 0 Å². The second-order valence-corrected chi connectivity index (χ2v) is 1.09. The van der Waals surface area contributed by atoms with Crippen LogP contribution >= 0.6 is 0 Å². The summed E-state index contributed by atoms with van der Waals surface area (Å²) in [6.45, 7) is 3.59. The number of ether oxygens (including phenoxy) is 1. The van der Waals surface area contributed by atoms with E-state index in [1.54, 1.807) is 0 Å². The fourth-order valence-corrected chi connectivity index (χ4v) is 0.146. The Morgan fingerprint density at radius 3 is 2.14 bits per heavy atom. The number of halogens is 2. The minimum Gasteiger partial charge on any atom is -0.441 e. The first-order valence-corrected chi connectivity index (χ1v) is 1.73. The molecule has 42 valence electrons. The summed E-state index contributed by atoms with van der Waals surface area (Å²) in [6.07, 6.45) is -2.36. The molecular weight excluding hydrogens is 102 g/mol. The van der Waals surface area contributed by atoms with Crippen molar-refractivity contribution in [3.05, 3.63) is 12.8 Å². The lowest BCUT2D eigenvalue weighted by Gasteiger charge is -2.06. The first-order chi connectivity index (χ1) is 3.06. The van der Waals surface area contributed by atoms with Gasteiger partial charge in [-0.15, -0.1) is 0 Å². The zero-order valence-electron chi connectivity index (χ0n) is 3.95. The Labute approximate surface area is 40.6 Å². The summed E-state index contributed by atoms with van der Waals surface area (Å²) in [5, 5.41) is 0. The summed E-state index contributed by atoms with van der Waals surface area (Å²) in [5.41, 5.74) is 0. The van der Waals surface area contributed by atoms with Gasteiger partial charge in [0.15, 0.2) is 0 Å². The fraction of sp³-hybridized carbons (Fsp3) is 0.500. The van der Waals surface area contributed by atoms with E-state index in [0.29, 0.717) is 13.2 Å². The van der Waals surface area contributed by atoms with E-state index in [2.05, 4.69) is 11.3 Å². The molecule has 0 aromatic rings. The molecule has 0 radical (unpaired) electrons. The van der Waals surface area contributed by atoms with Crippen molar-refractivity contribution in [3.63, 3.8) is 0 Å². The van der Waals surface area contributed by atoms with E-state index in [0.717, 1.165) is 0 Å². The molecule has 0 amide bonds. The van der Waals surface area contributed by atoms with Crippen LogP contribution < -0.4 is 0 Å². The van der Waals surface area contributed by atoms with E-state index in [1.165, 1.54) is 0 Å². The normalized spacial score (nSPS) is 10.7. The van der Waals surface area contributed by atoms with Crippen molar-refractivity contribution in [2.75, 3.05) is 0 Å². The van der Waals surface area contributed by atoms with Gasteiger partial charge in [0.2, 0.25) is 0 Å². The van der Waals surface area contributed by atoms with E-state index in [1.807, 2.05) is 0 Å². The van der Waals surface area contributed by atoms with E-state index in [-0.39, 0.29) is 0 Å². The summed E-state index contributed by atoms with van der Waals surface area (Å²) >= 11 is 0. The highest BCUT2D eigenvalue weighted by Crippen LogP contribution is 2.12. The highest BCUT2D eigenvalue weighted by Gasteiger charge is 2.19. The lowest BCUT2D eigenvalue weighted by molar-refractivity contribution is -0.187. The fourth-order valence-electron chi connectivity index (χ4n) is 0.146. The largest absolute Gasteiger partial charge is 0.441 e. The molecule has 0 aromatic carbocycles. The van der Waals surface area contributed by atoms with E-state index in [9.17, 15) is 8.78 Å². The predicted octanol–water partition coefficient (Wildman–Crippen LogP) is 1.76. The van der Waals surface area contributed by atoms with Crippen LogP contribution in [0.3, 0.4) is 0 Å². The third-order valence-electron chi connectivity index (χ3n) is 0.290. The molecule has 0 atom stereocenters. The Balaban J connectivity index is 3.34. The summed E-state index contributed by atoms with van der Waals surface area (Å²) in [4.78, 5) is 0. The van der Waals surface area contributed by atoms with Gasteiger partial charge in [-0.25, -0.2) is 0 Å². The van der Waals surface area contributed by atoms with E-state index >= 15 is 0 Å². The standard InChI is InChI=1S/C4H6F2O/c1-3-7-4(2,5)6/h3H,1H2,2H3. The molecule has 0 N–H and O–H groups in total. The van der Waals surface area contributed by atoms with E-state index < -0.39 is 6.11 Å². The summed E-state index contributed by atoms with van der Waals surface area (Å²) in [5.74, 6) is 0. The molecule has 0 aliphatic carbocycles. The number of hydrogen-bond donors (Lipinski definition) is 0. The SMILES string of the molecule is C=COC(C)(F)F. The minimum absolute atomic E-state index is 0.648. The van der Waals surface area contributed by atoms with Gasteiger partial charge in [0.25, 0.3) is 0 Å². The molecule has 0 unspecified atom stereocenters. The Hall–Kier alpha value is -0.600. The van der Waals surface area contributed by atoms with Gasteiger partial charge in [-0.3, -0.25) is 0 Å².